The third kappa shape index (κ3) is 3.63. The molecule has 4 heteroatoms. The number of phenolic OH excluding ortho intramolecular Hbond substituents is 1. The Hall–Kier alpha value is -1.71. The number of ether oxygens (including phenoxy) is 1. The zero-order valence-electron chi connectivity index (χ0n) is 11.6. The second-order valence-electron chi connectivity index (χ2n) is 5.29. The molecule has 1 N–H and O–H groups in total. The van der Waals surface area contributed by atoms with Crippen molar-refractivity contribution in [3.8, 4) is 11.5 Å². The highest BCUT2D eigenvalue weighted by Gasteiger charge is 2.17. The van der Waals surface area contributed by atoms with Gasteiger partial charge in [-0.15, -0.1) is 0 Å². The second-order valence-corrected chi connectivity index (χ2v) is 5.29. The average molecular weight is 263 g/mol. The molecule has 0 saturated heterocycles. The van der Waals surface area contributed by atoms with Crippen LogP contribution in [0.1, 0.15) is 42.5 Å². The van der Waals surface area contributed by atoms with Gasteiger partial charge in [-0.1, -0.05) is 6.42 Å². The fourth-order valence-corrected chi connectivity index (χ4v) is 2.41. The van der Waals surface area contributed by atoms with Crippen LogP contribution in [0.4, 0.5) is 0 Å². The highest BCUT2D eigenvalue weighted by Crippen LogP contribution is 2.27. The van der Waals surface area contributed by atoms with E-state index in [1.54, 1.807) is 26.2 Å². The van der Waals surface area contributed by atoms with Gasteiger partial charge < -0.3 is 14.7 Å². The van der Waals surface area contributed by atoms with Crippen LogP contribution in [-0.2, 0) is 0 Å². The zero-order valence-corrected chi connectivity index (χ0v) is 11.6. The fraction of sp³-hybridized carbons (Fsp3) is 0.533. The highest BCUT2D eigenvalue weighted by atomic mass is 16.5. The second kappa shape index (κ2) is 5.95. The predicted octanol–water partition coefficient (Wildman–Crippen LogP) is 2.81. The number of carbonyl (C=O) groups is 1. The van der Waals surface area contributed by atoms with Gasteiger partial charge in [-0.05, 0) is 37.8 Å². The first-order valence-corrected chi connectivity index (χ1v) is 6.78. The smallest absolute Gasteiger partial charge is 0.253 e. The SMILES string of the molecule is CN(C)C(=O)c1cc(O)cc(OC2CCCCC2)c1. The summed E-state index contributed by atoms with van der Waals surface area (Å²) < 4.78 is 5.88. The standard InChI is InChI=1S/C15H21NO3/c1-16(2)15(18)11-8-12(17)10-14(9-11)19-13-6-4-3-5-7-13/h8-10,13,17H,3-7H2,1-2H3. The van der Waals surface area contributed by atoms with E-state index in [9.17, 15) is 9.90 Å². The molecular weight excluding hydrogens is 242 g/mol. The summed E-state index contributed by atoms with van der Waals surface area (Å²) in [5.41, 5.74) is 0.454. The summed E-state index contributed by atoms with van der Waals surface area (Å²) in [5.74, 6) is 0.514. The van der Waals surface area contributed by atoms with Crippen molar-refractivity contribution in [2.75, 3.05) is 14.1 Å². The summed E-state index contributed by atoms with van der Waals surface area (Å²) in [6.45, 7) is 0. The van der Waals surface area contributed by atoms with Gasteiger partial charge in [0, 0.05) is 25.7 Å². The summed E-state index contributed by atoms with van der Waals surface area (Å²) >= 11 is 0. The van der Waals surface area contributed by atoms with Gasteiger partial charge in [0.25, 0.3) is 5.91 Å². The molecule has 0 heterocycles. The Kier molecular flexibility index (Phi) is 4.30. The molecule has 0 spiro atoms. The third-order valence-corrected chi connectivity index (χ3v) is 3.40. The topological polar surface area (TPSA) is 49.8 Å². The van der Waals surface area contributed by atoms with Gasteiger partial charge in [0.15, 0.2) is 0 Å². The number of hydrogen-bond donors (Lipinski definition) is 1. The van der Waals surface area contributed by atoms with Crippen LogP contribution in [-0.4, -0.2) is 36.1 Å². The van der Waals surface area contributed by atoms with E-state index in [4.69, 9.17) is 4.74 Å². The minimum atomic E-state index is -0.135. The van der Waals surface area contributed by atoms with Gasteiger partial charge in [-0.2, -0.15) is 0 Å². The molecule has 0 aliphatic heterocycles. The zero-order chi connectivity index (χ0) is 13.8. The summed E-state index contributed by atoms with van der Waals surface area (Å²) in [6, 6.07) is 4.74. The Morgan fingerprint density at radius 1 is 1.21 bits per heavy atom. The van der Waals surface area contributed by atoms with Crippen molar-refractivity contribution in [3.63, 3.8) is 0 Å². The van der Waals surface area contributed by atoms with E-state index < -0.39 is 0 Å². The lowest BCUT2D eigenvalue weighted by atomic mass is 9.98. The molecule has 1 aromatic carbocycles. The molecule has 0 unspecified atom stereocenters. The van der Waals surface area contributed by atoms with Crippen LogP contribution in [0.15, 0.2) is 18.2 Å². The Morgan fingerprint density at radius 2 is 1.89 bits per heavy atom. The molecule has 1 aromatic rings. The Bertz CT molecular complexity index is 451. The van der Waals surface area contributed by atoms with E-state index >= 15 is 0 Å². The molecule has 1 aliphatic carbocycles. The fourth-order valence-electron chi connectivity index (χ4n) is 2.41. The van der Waals surface area contributed by atoms with Gasteiger partial charge in [-0.3, -0.25) is 4.79 Å². The van der Waals surface area contributed by atoms with E-state index in [0.717, 1.165) is 12.8 Å². The molecule has 1 fully saturated rings. The average Bonchev–Trinajstić information content (AvgIpc) is 2.38. The Labute approximate surface area is 114 Å². The lowest BCUT2D eigenvalue weighted by molar-refractivity contribution is 0.0826. The van der Waals surface area contributed by atoms with E-state index in [1.165, 1.54) is 30.2 Å². The van der Waals surface area contributed by atoms with Gasteiger partial charge in [0.1, 0.15) is 11.5 Å². The van der Waals surface area contributed by atoms with Crippen molar-refractivity contribution >= 4 is 5.91 Å². The molecular formula is C15H21NO3. The summed E-state index contributed by atoms with van der Waals surface area (Å²) in [4.78, 5) is 13.4. The number of phenols is 1. The summed E-state index contributed by atoms with van der Waals surface area (Å²) in [6.07, 6.45) is 5.95. The van der Waals surface area contributed by atoms with Crippen LogP contribution in [0.3, 0.4) is 0 Å². The minimum absolute atomic E-state index is 0.0681. The summed E-state index contributed by atoms with van der Waals surface area (Å²) in [7, 11) is 3.38. The minimum Gasteiger partial charge on any atom is -0.508 e. The number of carbonyl (C=O) groups excluding carboxylic acids is 1. The normalized spacial score (nSPS) is 16.1. The van der Waals surface area contributed by atoms with E-state index in [0.29, 0.717) is 11.3 Å². The Morgan fingerprint density at radius 3 is 2.53 bits per heavy atom. The summed E-state index contributed by atoms with van der Waals surface area (Å²) in [5, 5.41) is 9.70. The van der Waals surface area contributed by atoms with Crippen LogP contribution in [0, 0.1) is 0 Å². The van der Waals surface area contributed by atoms with E-state index in [-0.39, 0.29) is 17.8 Å². The molecule has 104 valence electrons. The van der Waals surface area contributed by atoms with Gasteiger partial charge in [0.2, 0.25) is 0 Å². The van der Waals surface area contributed by atoms with Crippen molar-refractivity contribution in [2.45, 2.75) is 38.2 Å². The number of nitrogens with zero attached hydrogens (tertiary/aromatic N) is 1. The largest absolute Gasteiger partial charge is 0.508 e. The monoisotopic (exact) mass is 263 g/mol. The first-order chi connectivity index (χ1) is 9.06. The van der Waals surface area contributed by atoms with Crippen LogP contribution in [0.5, 0.6) is 11.5 Å². The van der Waals surface area contributed by atoms with Crippen molar-refractivity contribution in [1.82, 2.24) is 4.90 Å². The van der Waals surface area contributed by atoms with Crippen molar-refractivity contribution in [1.29, 1.82) is 0 Å². The number of aromatic hydroxyl groups is 1. The Balaban J connectivity index is 2.14. The molecule has 0 atom stereocenters. The number of rotatable bonds is 3. The maximum Gasteiger partial charge on any atom is 0.253 e. The molecule has 0 aromatic heterocycles. The van der Waals surface area contributed by atoms with Gasteiger partial charge >= 0.3 is 0 Å². The van der Waals surface area contributed by atoms with Crippen LogP contribution < -0.4 is 4.74 Å². The molecule has 0 bridgehead atoms. The highest BCUT2D eigenvalue weighted by molar-refractivity contribution is 5.94. The number of hydrogen-bond acceptors (Lipinski definition) is 3. The van der Waals surface area contributed by atoms with Crippen LogP contribution in [0.25, 0.3) is 0 Å². The molecule has 4 nitrogen and oxygen atoms in total. The molecule has 1 saturated carbocycles. The first-order valence-electron chi connectivity index (χ1n) is 6.78. The van der Waals surface area contributed by atoms with Crippen LogP contribution in [0.2, 0.25) is 0 Å². The van der Waals surface area contributed by atoms with E-state index in [2.05, 4.69) is 0 Å². The van der Waals surface area contributed by atoms with Crippen molar-refractivity contribution in [2.24, 2.45) is 0 Å². The molecule has 1 aliphatic rings. The molecule has 19 heavy (non-hydrogen) atoms. The van der Waals surface area contributed by atoms with E-state index in [1.807, 2.05) is 0 Å². The van der Waals surface area contributed by atoms with Crippen LogP contribution >= 0.6 is 0 Å². The third-order valence-electron chi connectivity index (χ3n) is 3.40. The maximum absolute atomic E-state index is 11.9. The molecule has 2 rings (SSSR count). The number of amides is 1. The molecule has 0 radical (unpaired) electrons. The molecule has 1 amide bonds. The lowest BCUT2D eigenvalue weighted by Gasteiger charge is -2.23. The lowest BCUT2D eigenvalue weighted by Crippen LogP contribution is -2.22. The number of benzene rings is 1. The predicted molar refractivity (Wildman–Crippen MR) is 73.6 cm³/mol. The maximum atomic E-state index is 11.9. The van der Waals surface area contributed by atoms with Gasteiger partial charge in [-0.25, -0.2) is 0 Å². The first kappa shape index (κ1) is 13.7. The van der Waals surface area contributed by atoms with Crippen molar-refractivity contribution < 1.29 is 14.6 Å². The quantitative estimate of drug-likeness (QED) is 0.912. The van der Waals surface area contributed by atoms with Gasteiger partial charge in [0.05, 0.1) is 6.10 Å². The van der Waals surface area contributed by atoms with Crippen molar-refractivity contribution in [3.05, 3.63) is 23.8 Å².